The van der Waals surface area contributed by atoms with Crippen LogP contribution in [0.1, 0.15) is 36.7 Å². The molecule has 0 bridgehead atoms. The smallest absolute Gasteiger partial charge is 0.338 e. The fraction of sp³-hybridized carbons (Fsp3) is 0.467. The molecule has 0 spiro atoms. The lowest BCUT2D eigenvalue weighted by atomic mass is 9.87. The number of carbonyl (C=O) groups excluding carboxylic acids is 2. The molecule has 1 aromatic carbocycles. The molecule has 5 heteroatoms. The highest BCUT2D eigenvalue weighted by atomic mass is 16.5. The van der Waals surface area contributed by atoms with Gasteiger partial charge in [-0.05, 0) is 30.0 Å². The standard InChI is InChI=1S/C15H22N2O3/c1-9-10(14(19)20-5)7-6-8-11(9)17-13(18)12(16)15(2,3)4/h6-8,12H,16H2,1-5H3,(H,17,18)/t12-/m1/s1. The molecule has 20 heavy (non-hydrogen) atoms. The fourth-order valence-electron chi connectivity index (χ4n) is 1.71. The van der Waals surface area contributed by atoms with Crippen molar-refractivity contribution >= 4 is 17.6 Å². The van der Waals surface area contributed by atoms with E-state index in [2.05, 4.69) is 5.32 Å². The number of ether oxygens (including phenoxy) is 1. The monoisotopic (exact) mass is 278 g/mol. The Bertz CT molecular complexity index is 518. The van der Waals surface area contributed by atoms with Gasteiger partial charge in [0.1, 0.15) is 0 Å². The average molecular weight is 278 g/mol. The van der Waals surface area contributed by atoms with E-state index in [0.717, 1.165) is 0 Å². The van der Waals surface area contributed by atoms with E-state index in [1.165, 1.54) is 7.11 Å². The molecule has 0 fully saturated rings. The van der Waals surface area contributed by atoms with E-state index >= 15 is 0 Å². The van der Waals surface area contributed by atoms with Gasteiger partial charge in [0.2, 0.25) is 5.91 Å². The summed E-state index contributed by atoms with van der Waals surface area (Å²) in [4.78, 5) is 23.7. The molecular formula is C15H22N2O3. The predicted molar refractivity (Wildman–Crippen MR) is 78.6 cm³/mol. The van der Waals surface area contributed by atoms with Gasteiger partial charge in [0.05, 0.1) is 18.7 Å². The number of nitrogens with two attached hydrogens (primary N) is 1. The maximum Gasteiger partial charge on any atom is 0.338 e. The minimum Gasteiger partial charge on any atom is -0.465 e. The Morgan fingerprint density at radius 1 is 1.30 bits per heavy atom. The second-order valence-corrected chi connectivity index (χ2v) is 5.80. The van der Waals surface area contributed by atoms with Crippen LogP contribution in [0.2, 0.25) is 0 Å². The lowest BCUT2D eigenvalue weighted by molar-refractivity contribution is -0.119. The number of methoxy groups -OCH3 is 1. The summed E-state index contributed by atoms with van der Waals surface area (Å²) in [6, 6.07) is 4.44. The third-order valence-corrected chi connectivity index (χ3v) is 3.21. The molecule has 0 aliphatic heterocycles. The number of carbonyl (C=O) groups is 2. The molecule has 0 radical (unpaired) electrons. The van der Waals surface area contributed by atoms with Crippen LogP contribution in [-0.2, 0) is 9.53 Å². The van der Waals surface area contributed by atoms with Gasteiger partial charge in [-0.25, -0.2) is 4.79 Å². The number of benzene rings is 1. The maximum absolute atomic E-state index is 12.1. The topological polar surface area (TPSA) is 81.4 Å². The zero-order chi connectivity index (χ0) is 15.5. The molecular weight excluding hydrogens is 256 g/mol. The molecule has 3 N–H and O–H groups in total. The van der Waals surface area contributed by atoms with Gasteiger partial charge >= 0.3 is 5.97 Å². The van der Waals surface area contributed by atoms with Crippen molar-refractivity contribution in [1.82, 2.24) is 0 Å². The van der Waals surface area contributed by atoms with Gasteiger partial charge in [-0.2, -0.15) is 0 Å². The first-order chi connectivity index (χ1) is 9.18. The molecule has 0 heterocycles. The van der Waals surface area contributed by atoms with Gasteiger partial charge in [0.25, 0.3) is 0 Å². The van der Waals surface area contributed by atoms with Crippen LogP contribution >= 0.6 is 0 Å². The van der Waals surface area contributed by atoms with Crippen molar-refractivity contribution in [2.75, 3.05) is 12.4 Å². The minimum absolute atomic E-state index is 0.275. The van der Waals surface area contributed by atoms with Crippen LogP contribution in [0.15, 0.2) is 18.2 Å². The molecule has 0 aromatic heterocycles. The zero-order valence-corrected chi connectivity index (χ0v) is 12.6. The largest absolute Gasteiger partial charge is 0.465 e. The highest BCUT2D eigenvalue weighted by Gasteiger charge is 2.28. The van der Waals surface area contributed by atoms with Gasteiger partial charge in [0.15, 0.2) is 0 Å². The number of rotatable bonds is 3. The van der Waals surface area contributed by atoms with E-state index in [1.54, 1.807) is 25.1 Å². The summed E-state index contributed by atoms with van der Waals surface area (Å²) in [5.74, 6) is -0.707. The summed E-state index contributed by atoms with van der Waals surface area (Å²) < 4.78 is 4.70. The molecule has 1 amide bonds. The first-order valence-electron chi connectivity index (χ1n) is 6.43. The minimum atomic E-state index is -0.635. The molecule has 110 valence electrons. The number of anilines is 1. The first kappa shape index (κ1) is 16.2. The number of hydrogen-bond donors (Lipinski definition) is 2. The van der Waals surface area contributed by atoms with Crippen molar-refractivity contribution in [3.8, 4) is 0 Å². The Hall–Kier alpha value is -1.88. The van der Waals surface area contributed by atoms with Crippen LogP contribution in [0.25, 0.3) is 0 Å². The molecule has 0 aliphatic rings. The normalized spacial score (nSPS) is 12.7. The van der Waals surface area contributed by atoms with Crippen molar-refractivity contribution in [2.24, 2.45) is 11.1 Å². The van der Waals surface area contributed by atoms with Crippen LogP contribution in [0.5, 0.6) is 0 Å². The summed E-state index contributed by atoms with van der Waals surface area (Å²) in [5, 5.41) is 2.76. The molecule has 0 aliphatic carbocycles. The molecule has 5 nitrogen and oxygen atoms in total. The number of esters is 1. The second kappa shape index (κ2) is 6.05. The lowest BCUT2D eigenvalue weighted by Crippen LogP contribution is -2.45. The zero-order valence-electron chi connectivity index (χ0n) is 12.6. The average Bonchev–Trinajstić information content (AvgIpc) is 2.38. The summed E-state index contributed by atoms with van der Waals surface area (Å²) in [5.41, 5.74) is 7.23. The van der Waals surface area contributed by atoms with Crippen LogP contribution in [0.4, 0.5) is 5.69 Å². The van der Waals surface area contributed by atoms with E-state index in [9.17, 15) is 9.59 Å². The molecule has 0 saturated carbocycles. The van der Waals surface area contributed by atoms with Gasteiger partial charge in [-0.15, -0.1) is 0 Å². The fourth-order valence-corrected chi connectivity index (χ4v) is 1.71. The number of nitrogens with one attached hydrogen (secondary N) is 1. The van der Waals surface area contributed by atoms with E-state index in [4.69, 9.17) is 10.5 Å². The van der Waals surface area contributed by atoms with E-state index in [1.807, 2.05) is 20.8 Å². The Kier molecular flexibility index (Phi) is 4.89. The van der Waals surface area contributed by atoms with E-state index < -0.39 is 12.0 Å². The number of amides is 1. The Balaban J connectivity index is 3.00. The second-order valence-electron chi connectivity index (χ2n) is 5.80. The van der Waals surface area contributed by atoms with Crippen molar-refractivity contribution in [1.29, 1.82) is 0 Å². The van der Waals surface area contributed by atoms with Crippen molar-refractivity contribution in [3.63, 3.8) is 0 Å². The summed E-state index contributed by atoms with van der Waals surface area (Å²) in [7, 11) is 1.32. The highest BCUT2D eigenvalue weighted by molar-refractivity contribution is 5.98. The van der Waals surface area contributed by atoms with Gasteiger partial charge in [-0.1, -0.05) is 26.8 Å². The van der Waals surface area contributed by atoms with Crippen molar-refractivity contribution in [2.45, 2.75) is 33.7 Å². The van der Waals surface area contributed by atoms with E-state index in [0.29, 0.717) is 16.8 Å². The molecule has 1 atom stereocenters. The van der Waals surface area contributed by atoms with Gasteiger partial charge in [0, 0.05) is 5.69 Å². The predicted octanol–water partition coefficient (Wildman–Crippen LogP) is 2.09. The Labute approximate surface area is 119 Å². The number of hydrogen-bond acceptors (Lipinski definition) is 4. The quantitative estimate of drug-likeness (QED) is 0.830. The van der Waals surface area contributed by atoms with E-state index in [-0.39, 0.29) is 11.3 Å². The Morgan fingerprint density at radius 3 is 2.40 bits per heavy atom. The maximum atomic E-state index is 12.1. The molecule has 0 unspecified atom stereocenters. The van der Waals surface area contributed by atoms with Gasteiger partial charge < -0.3 is 15.8 Å². The van der Waals surface area contributed by atoms with Crippen molar-refractivity contribution < 1.29 is 14.3 Å². The first-order valence-corrected chi connectivity index (χ1v) is 6.43. The van der Waals surface area contributed by atoms with Gasteiger partial charge in [-0.3, -0.25) is 4.79 Å². The summed E-state index contributed by atoms with van der Waals surface area (Å²) in [6.07, 6.45) is 0. The van der Waals surface area contributed by atoms with Crippen LogP contribution in [-0.4, -0.2) is 25.0 Å². The van der Waals surface area contributed by atoms with Crippen molar-refractivity contribution in [3.05, 3.63) is 29.3 Å². The molecule has 1 aromatic rings. The molecule has 0 saturated heterocycles. The summed E-state index contributed by atoms with van der Waals surface area (Å²) >= 11 is 0. The molecule has 1 rings (SSSR count). The van der Waals surface area contributed by atoms with Crippen LogP contribution < -0.4 is 11.1 Å². The van der Waals surface area contributed by atoms with Crippen LogP contribution in [0, 0.1) is 12.3 Å². The summed E-state index contributed by atoms with van der Waals surface area (Å²) in [6.45, 7) is 7.45. The Morgan fingerprint density at radius 2 is 1.90 bits per heavy atom. The lowest BCUT2D eigenvalue weighted by Gasteiger charge is -2.26. The van der Waals surface area contributed by atoms with Crippen LogP contribution in [0.3, 0.4) is 0 Å². The highest BCUT2D eigenvalue weighted by Crippen LogP contribution is 2.22. The SMILES string of the molecule is COC(=O)c1cccc(NC(=O)[C@@H](N)C(C)(C)C)c1C. The third kappa shape index (κ3) is 3.57. The third-order valence-electron chi connectivity index (χ3n) is 3.21.